The standard InChI is InChI=1S/C8H16N2S/c1-8(9)2-4-10(5-3-8)6-7-11/h11H,2-6,9H2,1H3. The average Bonchev–Trinajstić information content (AvgIpc) is 1.94. The van der Waals surface area contributed by atoms with Gasteiger partial charge in [-0.15, -0.1) is 0 Å². The fourth-order valence-electron chi connectivity index (χ4n) is 1.32. The summed E-state index contributed by atoms with van der Waals surface area (Å²) in [6.07, 6.45) is 2.17. The molecule has 64 valence electrons. The second kappa shape index (κ2) is 3.55. The molecular formula is C8H16N2S. The van der Waals surface area contributed by atoms with Gasteiger partial charge in [0.25, 0.3) is 0 Å². The minimum Gasteiger partial charge on any atom is -0.325 e. The van der Waals surface area contributed by atoms with E-state index in [4.69, 9.17) is 5.73 Å². The van der Waals surface area contributed by atoms with Crippen LogP contribution in [-0.2, 0) is 0 Å². The largest absolute Gasteiger partial charge is 0.325 e. The summed E-state index contributed by atoms with van der Waals surface area (Å²) in [5.74, 6) is 0. The lowest BCUT2D eigenvalue weighted by Crippen LogP contribution is -2.48. The molecule has 11 heavy (non-hydrogen) atoms. The lowest BCUT2D eigenvalue weighted by atomic mass is 9.91. The molecule has 1 heterocycles. The molecule has 2 N–H and O–H groups in total. The van der Waals surface area contributed by atoms with Gasteiger partial charge in [-0.2, -0.15) is 12.0 Å². The third-order valence-electron chi connectivity index (χ3n) is 2.29. The number of nitrogens with two attached hydrogens (primary N) is 1. The second-order valence-electron chi connectivity index (χ2n) is 3.59. The highest BCUT2D eigenvalue weighted by Gasteiger charge is 2.24. The van der Waals surface area contributed by atoms with Gasteiger partial charge in [-0.1, -0.05) is 5.18 Å². The van der Waals surface area contributed by atoms with E-state index in [-0.39, 0.29) is 5.54 Å². The van der Waals surface area contributed by atoms with E-state index in [1.807, 2.05) is 0 Å². The molecule has 2 nitrogen and oxygen atoms in total. The summed E-state index contributed by atoms with van der Waals surface area (Å²) in [5.41, 5.74) is 6.03. The number of hydrogen-bond acceptors (Lipinski definition) is 2. The molecule has 1 aliphatic rings. The maximum Gasteiger partial charge on any atom is 0.0620 e. The number of nitrogens with zero attached hydrogens (tertiary/aromatic N) is 1. The number of hydrogen-bond donors (Lipinski definition) is 2. The Bertz CT molecular complexity index is 161. The van der Waals surface area contributed by atoms with Crippen molar-refractivity contribution < 1.29 is 0 Å². The fraction of sp³-hybridized carbons (Fsp3) is 0.875. The predicted molar refractivity (Wildman–Crippen MR) is 51.1 cm³/mol. The highest BCUT2D eigenvalue weighted by molar-refractivity contribution is 7.68. The number of likely N-dealkylation sites (tertiary alicyclic amines) is 1. The van der Waals surface area contributed by atoms with E-state index in [0.717, 1.165) is 32.5 Å². The Morgan fingerprint density at radius 3 is 2.55 bits per heavy atom. The highest BCUT2D eigenvalue weighted by Crippen LogP contribution is 2.17. The molecule has 0 radical (unpaired) electrons. The van der Waals surface area contributed by atoms with Crippen LogP contribution in [0.2, 0.25) is 0 Å². The fourth-order valence-corrected chi connectivity index (χ4v) is 1.52. The van der Waals surface area contributed by atoms with Crippen LogP contribution in [0.25, 0.3) is 0 Å². The lowest BCUT2D eigenvalue weighted by molar-refractivity contribution is 0.189. The van der Waals surface area contributed by atoms with Crippen LogP contribution >= 0.6 is 12.0 Å². The molecule has 1 aliphatic heterocycles. The van der Waals surface area contributed by atoms with E-state index < -0.39 is 0 Å². The van der Waals surface area contributed by atoms with E-state index in [0.29, 0.717) is 0 Å². The number of piperidine rings is 1. The van der Waals surface area contributed by atoms with Gasteiger partial charge < -0.3 is 5.73 Å². The van der Waals surface area contributed by atoms with E-state index in [1.54, 1.807) is 0 Å². The Morgan fingerprint density at radius 1 is 1.55 bits per heavy atom. The Morgan fingerprint density at radius 2 is 2.09 bits per heavy atom. The van der Waals surface area contributed by atoms with Gasteiger partial charge in [0, 0.05) is 18.6 Å². The first kappa shape index (κ1) is 9.01. The zero-order valence-electron chi connectivity index (χ0n) is 7.01. The first-order chi connectivity index (χ1) is 5.14. The molecule has 0 aromatic heterocycles. The van der Waals surface area contributed by atoms with Crippen LogP contribution in [0, 0.1) is 5.18 Å². The van der Waals surface area contributed by atoms with Crippen LogP contribution < -0.4 is 5.73 Å². The molecule has 0 amide bonds. The number of thiol groups is 1. The van der Waals surface area contributed by atoms with Gasteiger partial charge in [-0.25, -0.2) is 0 Å². The van der Waals surface area contributed by atoms with Crippen molar-refractivity contribution in [3.8, 4) is 5.18 Å². The van der Waals surface area contributed by atoms with Gasteiger partial charge in [-0.05, 0) is 19.8 Å². The average molecular weight is 172 g/mol. The Balaban J connectivity index is 2.32. The molecule has 0 bridgehead atoms. The van der Waals surface area contributed by atoms with Gasteiger partial charge in [-0.3, -0.25) is 4.90 Å². The first-order valence-corrected chi connectivity index (χ1v) is 4.47. The minimum atomic E-state index is 0.0626. The molecule has 0 saturated carbocycles. The summed E-state index contributed by atoms with van der Waals surface area (Å²) in [4.78, 5) is 2.32. The van der Waals surface area contributed by atoms with E-state index in [2.05, 4.69) is 29.0 Å². The molecule has 0 aliphatic carbocycles. The van der Waals surface area contributed by atoms with E-state index in [1.165, 1.54) is 0 Å². The molecule has 1 fully saturated rings. The summed E-state index contributed by atoms with van der Waals surface area (Å²) in [7, 11) is 0. The van der Waals surface area contributed by atoms with Crippen molar-refractivity contribution in [2.24, 2.45) is 5.73 Å². The molecule has 0 aromatic carbocycles. The number of rotatable bonds is 1. The highest BCUT2D eigenvalue weighted by atomic mass is 32.1. The van der Waals surface area contributed by atoms with Gasteiger partial charge in [0.2, 0.25) is 0 Å². The second-order valence-corrected chi connectivity index (χ2v) is 3.90. The SMILES string of the molecule is CC1(N)CCN(CC#[SH])CC1. The van der Waals surface area contributed by atoms with Crippen LogP contribution in [-0.4, -0.2) is 30.1 Å². The molecule has 0 unspecified atom stereocenters. The van der Waals surface area contributed by atoms with Gasteiger partial charge in [0.1, 0.15) is 0 Å². The van der Waals surface area contributed by atoms with Crippen molar-refractivity contribution >= 4 is 12.0 Å². The molecular weight excluding hydrogens is 156 g/mol. The van der Waals surface area contributed by atoms with Crippen molar-refractivity contribution in [1.82, 2.24) is 4.90 Å². The monoisotopic (exact) mass is 172 g/mol. The van der Waals surface area contributed by atoms with Crippen molar-refractivity contribution in [3.63, 3.8) is 0 Å². The maximum atomic E-state index is 5.97. The minimum absolute atomic E-state index is 0.0626. The molecule has 1 rings (SSSR count). The summed E-state index contributed by atoms with van der Waals surface area (Å²) < 4.78 is 0. The summed E-state index contributed by atoms with van der Waals surface area (Å²) in [6.45, 7) is 5.15. The molecule has 1 saturated heterocycles. The van der Waals surface area contributed by atoms with E-state index >= 15 is 0 Å². The molecule has 3 heteroatoms. The van der Waals surface area contributed by atoms with Crippen molar-refractivity contribution in [2.45, 2.75) is 25.3 Å². The lowest BCUT2D eigenvalue weighted by Gasteiger charge is -2.35. The third kappa shape index (κ3) is 2.80. The quantitative estimate of drug-likeness (QED) is 0.570. The predicted octanol–water partition coefficient (Wildman–Crippen LogP) is 0.689. The van der Waals surface area contributed by atoms with Crippen LogP contribution in [0.1, 0.15) is 19.8 Å². The van der Waals surface area contributed by atoms with Crippen LogP contribution in [0.15, 0.2) is 0 Å². The zero-order chi connectivity index (χ0) is 8.32. The Labute approximate surface area is 73.4 Å². The van der Waals surface area contributed by atoms with Gasteiger partial charge in [0.15, 0.2) is 0 Å². The van der Waals surface area contributed by atoms with E-state index in [9.17, 15) is 0 Å². The molecule has 0 spiro atoms. The first-order valence-electron chi connectivity index (χ1n) is 4.02. The van der Waals surface area contributed by atoms with Crippen LogP contribution in [0.5, 0.6) is 0 Å². The summed E-state index contributed by atoms with van der Waals surface area (Å²) in [6, 6.07) is 0. The Hall–Kier alpha value is -0.0800. The normalized spacial score (nSPS) is 24.5. The van der Waals surface area contributed by atoms with Crippen molar-refractivity contribution in [3.05, 3.63) is 0 Å². The van der Waals surface area contributed by atoms with Gasteiger partial charge >= 0.3 is 0 Å². The topological polar surface area (TPSA) is 29.3 Å². The third-order valence-corrected chi connectivity index (χ3v) is 2.43. The van der Waals surface area contributed by atoms with Crippen molar-refractivity contribution in [1.29, 1.82) is 0 Å². The summed E-state index contributed by atoms with van der Waals surface area (Å²) >= 11 is 3.95. The maximum absolute atomic E-state index is 5.97. The molecule has 0 atom stereocenters. The smallest absolute Gasteiger partial charge is 0.0620 e. The van der Waals surface area contributed by atoms with Crippen molar-refractivity contribution in [2.75, 3.05) is 19.6 Å². The van der Waals surface area contributed by atoms with Gasteiger partial charge in [0.05, 0.1) is 6.54 Å². The molecule has 0 aromatic rings. The zero-order valence-corrected chi connectivity index (χ0v) is 7.90. The van der Waals surface area contributed by atoms with Crippen LogP contribution in [0.3, 0.4) is 0 Å². The van der Waals surface area contributed by atoms with Crippen LogP contribution in [0.4, 0.5) is 0 Å². The summed E-state index contributed by atoms with van der Waals surface area (Å²) in [5, 5.41) is 2.84. The Kier molecular flexibility index (Phi) is 2.90.